The van der Waals surface area contributed by atoms with Crippen molar-refractivity contribution in [1.82, 2.24) is 14.9 Å². The average Bonchev–Trinajstić information content (AvgIpc) is 2.63. The van der Waals surface area contributed by atoms with Gasteiger partial charge < -0.3 is 15.8 Å². The fraction of sp³-hybridized carbons (Fsp3) is 0.412. The molecule has 0 bridgehead atoms. The Labute approximate surface area is 155 Å². The number of nitrogens with zero attached hydrogens (tertiary/aromatic N) is 2. The van der Waals surface area contributed by atoms with E-state index in [0.29, 0.717) is 42.2 Å². The summed E-state index contributed by atoms with van der Waals surface area (Å²) in [5, 5.41) is 3.41. The van der Waals surface area contributed by atoms with Crippen LogP contribution >= 0.6 is 11.8 Å². The van der Waals surface area contributed by atoms with E-state index in [1.165, 1.54) is 0 Å². The summed E-state index contributed by atoms with van der Waals surface area (Å²) in [6, 6.07) is 7.10. The number of amides is 2. The molecular weight excluding hydrogens is 356 g/mol. The van der Waals surface area contributed by atoms with E-state index in [4.69, 9.17) is 10.5 Å². The van der Waals surface area contributed by atoms with Crippen molar-refractivity contribution in [2.24, 2.45) is 5.73 Å². The Hall–Kier alpha value is -2.39. The molecule has 0 aliphatic rings. The zero-order valence-corrected chi connectivity index (χ0v) is 15.4. The van der Waals surface area contributed by atoms with Crippen LogP contribution in [0, 0.1) is 0 Å². The standard InChI is InChI=1S/C17H22N4O4S/c1-2-25-9-5-8-21-16(24)12-6-3-4-7-13(12)20-17(21)26-11-15(23)19-10-14(18)22/h3-4,6-7H,2,5,8-11H2,1H3,(H2,18,22)(H,19,23). The lowest BCUT2D eigenvalue weighted by Gasteiger charge is -2.13. The molecule has 0 atom stereocenters. The third-order valence-electron chi connectivity index (χ3n) is 3.49. The van der Waals surface area contributed by atoms with E-state index < -0.39 is 5.91 Å². The molecule has 1 heterocycles. The fourth-order valence-corrected chi connectivity index (χ4v) is 3.15. The lowest BCUT2D eigenvalue weighted by molar-refractivity contribution is -0.123. The Morgan fingerprint density at radius 1 is 1.35 bits per heavy atom. The zero-order chi connectivity index (χ0) is 18.9. The Morgan fingerprint density at radius 3 is 2.85 bits per heavy atom. The summed E-state index contributed by atoms with van der Waals surface area (Å²) in [4.78, 5) is 39.8. The molecule has 0 radical (unpaired) electrons. The monoisotopic (exact) mass is 378 g/mol. The van der Waals surface area contributed by atoms with Crippen molar-refractivity contribution in [2.75, 3.05) is 25.5 Å². The molecule has 1 aromatic carbocycles. The van der Waals surface area contributed by atoms with Gasteiger partial charge in [-0.1, -0.05) is 23.9 Å². The number of para-hydroxylation sites is 1. The number of ether oxygens (including phenoxy) is 1. The first-order valence-corrected chi connectivity index (χ1v) is 9.26. The van der Waals surface area contributed by atoms with Crippen molar-refractivity contribution in [1.29, 1.82) is 0 Å². The summed E-state index contributed by atoms with van der Waals surface area (Å²) in [6.07, 6.45) is 0.662. The molecule has 0 saturated carbocycles. The van der Waals surface area contributed by atoms with Gasteiger partial charge in [0.05, 0.1) is 23.2 Å². The molecule has 0 saturated heterocycles. The molecule has 2 rings (SSSR count). The lowest BCUT2D eigenvalue weighted by Crippen LogP contribution is -2.34. The molecule has 1 aromatic heterocycles. The summed E-state index contributed by atoms with van der Waals surface area (Å²) in [5.74, 6) is -0.930. The average molecular weight is 378 g/mol. The van der Waals surface area contributed by atoms with E-state index in [9.17, 15) is 14.4 Å². The molecule has 3 N–H and O–H groups in total. The van der Waals surface area contributed by atoms with E-state index in [2.05, 4.69) is 10.3 Å². The van der Waals surface area contributed by atoms with Gasteiger partial charge >= 0.3 is 0 Å². The molecule has 140 valence electrons. The van der Waals surface area contributed by atoms with Crippen molar-refractivity contribution >= 4 is 34.5 Å². The number of rotatable bonds is 10. The van der Waals surface area contributed by atoms with Gasteiger partial charge in [-0.15, -0.1) is 0 Å². The summed E-state index contributed by atoms with van der Waals surface area (Å²) >= 11 is 1.15. The largest absolute Gasteiger partial charge is 0.382 e. The van der Waals surface area contributed by atoms with Crippen LogP contribution < -0.4 is 16.6 Å². The molecule has 9 heteroatoms. The second kappa shape index (κ2) is 9.93. The van der Waals surface area contributed by atoms with E-state index >= 15 is 0 Å². The van der Waals surface area contributed by atoms with Gasteiger partial charge in [-0.25, -0.2) is 4.98 Å². The summed E-state index contributed by atoms with van der Waals surface area (Å²) < 4.78 is 6.89. The predicted octanol–water partition coefficient (Wildman–Crippen LogP) is 0.517. The number of aromatic nitrogens is 2. The van der Waals surface area contributed by atoms with Crippen LogP contribution in [0.4, 0.5) is 0 Å². The number of thioether (sulfide) groups is 1. The first-order chi connectivity index (χ1) is 12.5. The van der Waals surface area contributed by atoms with Crippen molar-refractivity contribution in [2.45, 2.75) is 25.0 Å². The highest BCUT2D eigenvalue weighted by Crippen LogP contribution is 2.18. The van der Waals surface area contributed by atoms with Gasteiger partial charge in [0.1, 0.15) is 0 Å². The van der Waals surface area contributed by atoms with Gasteiger partial charge in [-0.3, -0.25) is 19.0 Å². The quantitative estimate of drug-likeness (QED) is 0.354. The second-order valence-corrected chi connectivity index (χ2v) is 6.39. The number of primary amides is 1. The van der Waals surface area contributed by atoms with E-state index in [1.54, 1.807) is 22.8 Å². The topological polar surface area (TPSA) is 116 Å². The Morgan fingerprint density at radius 2 is 2.12 bits per heavy atom. The SMILES string of the molecule is CCOCCCn1c(SCC(=O)NCC(N)=O)nc2ccccc2c1=O. The molecule has 8 nitrogen and oxygen atoms in total. The maximum Gasteiger partial charge on any atom is 0.262 e. The maximum atomic E-state index is 12.8. The van der Waals surface area contributed by atoms with Gasteiger partial charge in [0.2, 0.25) is 11.8 Å². The van der Waals surface area contributed by atoms with Crippen LogP contribution in [0.15, 0.2) is 34.2 Å². The van der Waals surface area contributed by atoms with Gasteiger partial charge in [0.15, 0.2) is 5.16 Å². The maximum absolute atomic E-state index is 12.8. The summed E-state index contributed by atoms with van der Waals surface area (Å²) in [5.41, 5.74) is 5.44. The minimum absolute atomic E-state index is 0.0313. The molecule has 0 aliphatic carbocycles. The lowest BCUT2D eigenvalue weighted by atomic mass is 10.2. The first-order valence-electron chi connectivity index (χ1n) is 8.28. The summed E-state index contributed by atoms with van der Waals surface area (Å²) in [7, 11) is 0. The molecule has 0 aliphatic heterocycles. The smallest absolute Gasteiger partial charge is 0.262 e. The van der Waals surface area contributed by atoms with Crippen molar-refractivity contribution < 1.29 is 14.3 Å². The number of nitrogens with two attached hydrogens (primary N) is 1. The van der Waals surface area contributed by atoms with Crippen molar-refractivity contribution in [3.8, 4) is 0 Å². The van der Waals surface area contributed by atoms with Crippen LogP contribution in [0.5, 0.6) is 0 Å². The molecule has 2 amide bonds. The first kappa shape index (κ1) is 19.9. The van der Waals surface area contributed by atoms with Gasteiger partial charge in [0, 0.05) is 19.8 Å². The predicted molar refractivity (Wildman–Crippen MR) is 100 cm³/mol. The van der Waals surface area contributed by atoms with Crippen molar-refractivity contribution in [3.63, 3.8) is 0 Å². The second-order valence-electron chi connectivity index (χ2n) is 5.45. The van der Waals surface area contributed by atoms with Crippen LogP contribution in [0.25, 0.3) is 10.9 Å². The van der Waals surface area contributed by atoms with Gasteiger partial charge in [0.25, 0.3) is 5.56 Å². The van der Waals surface area contributed by atoms with Gasteiger partial charge in [-0.2, -0.15) is 0 Å². The number of hydrogen-bond donors (Lipinski definition) is 2. The van der Waals surface area contributed by atoms with Crippen LogP contribution in [-0.4, -0.2) is 46.9 Å². The number of fused-ring (bicyclic) bond motifs is 1. The molecule has 2 aromatic rings. The van der Waals surface area contributed by atoms with E-state index in [1.807, 2.05) is 13.0 Å². The number of carbonyl (C=O) groups is 2. The third kappa shape index (κ3) is 5.57. The van der Waals surface area contributed by atoms with Crippen LogP contribution in [0.2, 0.25) is 0 Å². The fourth-order valence-electron chi connectivity index (χ4n) is 2.29. The van der Waals surface area contributed by atoms with Crippen LogP contribution in [0.3, 0.4) is 0 Å². The highest BCUT2D eigenvalue weighted by Gasteiger charge is 2.13. The number of carbonyl (C=O) groups excluding carboxylic acids is 2. The number of nitrogens with one attached hydrogen (secondary N) is 1. The zero-order valence-electron chi connectivity index (χ0n) is 14.6. The highest BCUT2D eigenvalue weighted by molar-refractivity contribution is 7.99. The number of hydrogen-bond acceptors (Lipinski definition) is 6. The molecule has 0 unspecified atom stereocenters. The Balaban J connectivity index is 2.20. The minimum Gasteiger partial charge on any atom is -0.382 e. The highest BCUT2D eigenvalue weighted by atomic mass is 32.2. The Bertz CT molecular complexity index is 837. The van der Waals surface area contributed by atoms with Gasteiger partial charge in [-0.05, 0) is 25.5 Å². The molecular formula is C17H22N4O4S. The van der Waals surface area contributed by atoms with E-state index in [0.717, 1.165) is 11.8 Å². The third-order valence-corrected chi connectivity index (χ3v) is 4.47. The van der Waals surface area contributed by atoms with E-state index in [-0.39, 0.29) is 23.8 Å². The normalized spacial score (nSPS) is 10.8. The molecule has 26 heavy (non-hydrogen) atoms. The minimum atomic E-state index is -0.611. The Kier molecular flexibility index (Phi) is 7.61. The summed E-state index contributed by atoms with van der Waals surface area (Å²) in [6.45, 7) is 3.30. The van der Waals surface area contributed by atoms with Crippen LogP contribution in [0.1, 0.15) is 13.3 Å². The van der Waals surface area contributed by atoms with Crippen molar-refractivity contribution in [3.05, 3.63) is 34.6 Å². The van der Waals surface area contributed by atoms with Crippen LogP contribution in [-0.2, 0) is 20.9 Å². The number of benzene rings is 1. The molecule has 0 spiro atoms. The molecule has 0 fully saturated rings.